The average Bonchev–Trinajstić information content (AvgIpc) is 2.10. The molecule has 0 bridgehead atoms. The van der Waals surface area contributed by atoms with Crippen molar-refractivity contribution in [2.24, 2.45) is 17.6 Å². The summed E-state index contributed by atoms with van der Waals surface area (Å²) in [6, 6.07) is 0. The van der Waals surface area contributed by atoms with Crippen LogP contribution < -0.4 is 5.73 Å². The quantitative estimate of drug-likeness (QED) is 0.717. The smallest absolute Gasteiger partial charge is 0.0182 e. The zero-order valence-electron chi connectivity index (χ0n) is 10.2. The molecule has 1 fully saturated rings. The first-order valence-electron chi connectivity index (χ1n) is 6.35. The second kappa shape index (κ2) is 5.16. The summed E-state index contributed by atoms with van der Waals surface area (Å²) in [6.45, 7) is 6.95. The van der Waals surface area contributed by atoms with E-state index in [1.165, 1.54) is 44.9 Å². The first kappa shape index (κ1) is 12.0. The number of rotatable bonds is 2. The van der Waals surface area contributed by atoms with E-state index < -0.39 is 0 Å². The lowest BCUT2D eigenvalue weighted by Crippen LogP contribution is -2.48. The molecule has 0 aromatic heterocycles. The fraction of sp³-hybridized carbons (Fsp3) is 1.00. The summed E-state index contributed by atoms with van der Waals surface area (Å²) >= 11 is 0. The normalized spacial score (nSPS) is 25.5. The van der Waals surface area contributed by atoms with Crippen molar-refractivity contribution in [2.75, 3.05) is 0 Å². The van der Waals surface area contributed by atoms with Crippen LogP contribution >= 0.6 is 0 Å². The standard InChI is InChI=1S/C13H27N/c1-11(2)12(3)13(14)9-7-5-4-6-8-10-13/h11-12H,4-10,14H2,1-3H3. The molecule has 0 heterocycles. The van der Waals surface area contributed by atoms with Crippen LogP contribution in [0.25, 0.3) is 0 Å². The van der Waals surface area contributed by atoms with Gasteiger partial charge in [-0.3, -0.25) is 0 Å². The monoisotopic (exact) mass is 197 g/mol. The molecule has 1 aliphatic carbocycles. The molecule has 2 N–H and O–H groups in total. The van der Waals surface area contributed by atoms with Gasteiger partial charge in [-0.1, -0.05) is 52.9 Å². The van der Waals surface area contributed by atoms with E-state index in [1.807, 2.05) is 0 Å². The first-order chi connectivity index (χ1) is 6.56. The second-order valence-corrected chi connectivity index (χ2v) is 5.53. The summed E-state index contributed by atoms with van der Waals surface area (Å²) in [7, 11) is 0. The van der Waals surface area contributed by atoms with Gasteiger partial charge in [0, 0.05) is 5.54 Å². The molecule has 1 heteroatoms. The maximum atomic E-state index is 6.57. The summed E-state index contributed by atoms with van der Waals surface area (Å²) < 4.78 is 0. The van der Waals surface area contributed by atoms with E-state index in [9.17, 15) is 0 Å². The molecule has 0 aliphatic heterocycles. The van der Waals surface area contributed by atoms with E-state index in [-0.39, 0.29) is 5.54 Å². The Hall–Kier alpha value is -0.0400. The van der Waals surface area contributed by atoms with Gasteiger partial charge in [-0.05, 0) is 24.7 Å². The average molecular weight is 197 g/mol. The zero-order chi connectivity index (χ0) is 10.6. The van der Waals surface area contributed by atoms with Crippen LogP contribution in [0, 0.1) is 11.8 Å². The molecule has 1 aliphatic rings. The highest BCUT2D eigenvalue weighted by Crippen LogP contribution is 2.33. The van der Waals surface area contributed by atoms with Gasteiger partial charge in [-0.15, -0.1) is 0 Å². The van der Waals surface area contributed by atoms with Crippen LogP contribution in [0.15, 0.2) is 0 Å². The third-order valence-electron chi connectivity index (χ3n) is 4.19. The van der Waals surface area contributed by atoms with Crippen molar-refractivity contribution in [3.8, 4) is 0 Å². The highest BCUT2D eigenvalue weighted by atomic mass is 14.8. The minimum absolute atomic E-state index is 0.134. The van der Waals surface area contributed by atoms with Crippen molar-refractivity contribution < 1.29 is 0 Å². The van der Waals surface area contributed by atoms with Crippen molar-refractivity contribution in [2.45, 2.75) is 71.3 Å². The van der Waals surface area contributed by atoms with Crippen LogP contribution in [0.2, 0.25) is 0 Å². The molecule has 84 valence electrons. The van der Waals surface area contributed by atoms with Crippen molar-refractivity contribution >= 4 is 0 Å². The molecule has 0 aromatic carbocycles. The Bertz CT molecular complexity index is 155. The van der Waals surface area contributed by atoms with E-state index in [0.717, 1.165) is 5.92 Å². The Kier molecular flexibility index (Phi) is 4.43. The molecule has 1 unspecified atom stereocenters. The molecular weight excluding hydrogens is 170 g/mol. The SMILES string of the molecule is CC(C)C(C)C1(N)CCCCCCC1. The van der Waals surface area contributed by atoms with Gasteiger partial charge >= 0.3 is 0 Å². The van der Waals surface area contributed by atoms with Gasteiger partial charge < -0.3 is 5.73 Å². The van der Waals surface area contributed by atoms with Crippen molar-refractivity contribution in [3.63, 3.8) is 0 Å². The molecule has 1 atom stereocenters. The Balaban J connectivity index is 2.58. The third-order valence-corrected chi connectivity index (χ3v) is 4.19. The van der Waals surface area contributed by atoms with Gasteiger partial charge in [-0.25, -0.2) is 0 Å². The molecule has 0 amide bonds. The van der Waals surface area contributed by atoms with Gasteiger partial charge in [-0.2, -0.15) is 0 Å². The Labute approximate surface area is 89.5 Å². The van der Waals surface area contributed by atoms with Gasteiger partial charge in [0.1, 0.15) is 0 Å². The van der Waals surface area contributed by atoms with Crippen LogP contribution in [0.3, 0.4) is 0 Å². The van der Waals surface area contributed by atoms with Gasteiger partial charge in [0.05, 0.1) is 0 Å². The predicted molar refractivity (Wildman–Crippen MR) is 63.2 cm³/mol. The molecule has 0 radical (unpaired) electrons. The first-order valence-corrected chi connectivity index (χ1v) is 6.35. The van der Waals surface area contributed by atoms with E-state index in [4.69, 9.17) is 5.73 Å². The second-order valence-electron chi connectivity index (χ2n) is 5.53. The maximum absolute atomic E-state index is 6.57. The lowest BCUT2D eigenvalue weighted by atomic mass is 9.72. The van der Waals surface area contributed by atoms with Crippen molar-refractivity contribution in [1.29, 1.82) is 0 Å². The zero-order valence-corrected chi connectivity index (χ0v) is 10.2. The van der Waals surface area contributed by atoms with Gasteiger partial charge in [0.15, 0.2) is 0 Å². The summed E-state index contributed by atoms with van der Waals surface area (Å²) in [5, 5.41) is 0. The van der Waals surface area contributed by atoms with Crippen LogP contribution in [-0.4, -0.2) is 5.54 Å². The highest BCUT2D eigenvalue weighted by Gasteiger charge is 2.33. The molecule has 0 aromatic rings. The number of nitrogens with two attached hydrogens (primary N) is 1. The molecule has 1 nitrogen and oxygen atoms in total. The van der Waals surface area contributed by atoms with Crippen LogP contribution in [0.5, 0.6) is 0 Å². The Morgan fingerprint density at radius 1 is 0.857 bits per heavy atom. The number of hydrogen-bond donors (Lipinski definition) is 1. The van der Waals surface area contributed by atoms with E-state index in [2.05, 4.69) is 20.8 Å². The van der Waals surface area contributed by atoms with Gasteiger partial charge in [0.25, 0.3) is 0 Å². The van der Waals surface area contributed by atoms with Crippen LogP contribution in [-0.2, 0) is 0 Å². The van der Waals surface area contributed by atoms with Gasteiger partial charge in [0.2, 0.25) is 0 Å². The fourth-order valence-corrected chi connectivity index (χ4v) is 2.68. The molecular formula is C13H27N. The van der Waals surface area contributed by atoms with E-state index >= 15 is 0 Å². The van der Waals surface area contributed by atoms with Crippen LogP contribution in [0.4, 0.5) is 0 Å². The van der Waals surface area contributed by atoms with Crippen molar-refractivity contribution in [1.82, 2.24) is 0 Å². The molecule has 1 saturated carbocycles. The molecule has 14 heavy (non-hydrogen) atoms. The summed E-state index contributed by atoms with van der Waals surface area (Å²) in [5.41, 5.74) is 6.71. The van der Waals surface area contributed by atoms with E-state index in [0.29, 0.717) is 5.92 Å². The molecule has 1 rings (SSSR count). The van der Waals surface area contributed by atoms with Crippen LogP contribution in [0.1, 0.15) is 65.7 Å². The summed E-state index contributed by atoms with van der Waals surface area (Å²) in [4.78, 5) is 0. The van der Waals surface area contributed by atoms with Crippen molar-refractivity contribution in [3.05, 3.63) is 0 Å². The lowest BCUT2D eigenvalue weighted by molar-refractivity contribution is 0.181. The predicted octanol–water partition coefficient (Wildman–Crippen LogP) is 3.72. The Morgan fingerprint density at radius 2 is 1.29 bits per heavy atom. The highest BCUT2D eigenvalue weighted by molar-refractivity contribution is 4.91. The summed E-state index contributed by atoms with van der Waals surface area (Å²) in [6.07, 6.45) is 9.37. The maximum Gasteiger partial charge on any atom is 0.0182 e. The minimum Gasteiger partial charge on any atom is -0.325 e. The summed E-state index contributed by atoms with van der Waals surface area (Å²) in [5.74, 6) is 1.39. The molecule has 0 saturated heterocycles. The molecule has 0 spiro atoms. The minimum atomic E-state index is 0.134. The fourth-order valence-electron chi connectivity index (χ4n) is 2.68. The van der Waals surface area contributed by atoms with E-state index in [1.54, 1.807) is 0 Å². The lowest BCUT2D eigenvalue weighted by Gasteiger charge is -2.39. The largest absolute Gasteiger partial charge is 0.325 e. The third kappa shape index (κ3) is 2.98. The number of hydrogen-bond acceptors (Lipinski definition) is 1. The Morgan fingerprint density at radius 3 is 1.71 bits per heavy atom. The topological polar surface area (TPSA) is 26.0 Å².